The van der Waals surface area contributed by atoms with E-state index in [0.29, 0.717) is 5.02 Å². The minimum absolute atomic E-state index is 0.00600. The highest BCUT2D eigenvalue weighted by Crippen LogP contribution is 2.30. The number of hydrogen-bond donors (Lipinski definition) is 1. The molecular formula is C12H14ClNO2. The van der Waals surface area contributed by atoms with E-state index in [1.165, 1.54) is 0 Å². The fourth-order valence-electron chi connectivity index (χ4n) is 1.90. The van der Waals surface area contributed by atoms with Gasteiger partial charge in [0.15, 0.2) is 0 Å². The van der Waals surface area contributed by atoms with Crippen LogP contribution in [-0.2, 0) is 4.74 Å². The zero-order valence-corrected chi connectivity index (χ0v) is 10.0. The van der Waals surface area contributed by atoms with Gasteiger partial charge in [0.1, 0.15) is 5.60 Å². The van der Waals surface area contributed by atoms with E-state index in [1.807, 2.05) is 38.1 Å². The standard InChI is InChI=1S/C12H14ClNO2/c1-12(2)7-10(14-11(15)16-12)8-3-5-9(13)6-4-8/h3-6,10H,7H2,1-2H3,(H,14,15). The van der Waals surface area contributed by atoms with Gasteiger partial charge in [0, 0.05) is 11.4 Å². The fraction of sp³-hybridized carbons (Fsp3) is 0.417. The summed E-state index contributed by atoms with van der Waals surface area (Å²) in [7, 11) is 0. The Morgan fingerprint density at radius 2 is 2.00 bits per heavy atom. The molecule has 1 amide bonds. The van der Waals surface area contributed by atoms with Crippen LogP contribution in [0.25, 0.3) is 0 Å². The average molecular weight is 240 g/mol. The summed E-state index contributed by atoms with van der Waals surface area (Å²) in [4.78, 5) is 11.4. The van der Waals surface area contributed by atoms with Crippen LogP contribution < -0.4 is 5.32 Å². The zero-order valence-electron chi connectivity index (χ0n) is 9.29. The second-order valence-electron chi connectivity index (χ2n) is 4.60. The van der Waals surface area contributed by atoms with Crippen LogP contribution in [-0.4, -0.2) is 11.7 Å². The first-order valence-corrected chi connectivity index (χ1v) is 5.59. The first kappa shape index (κ1) is 11.3. The molecule has 0 aromatic heterocycles. The molecule has 0 radical (unpaired) electrons. The van der Waals surface area contributed by atoms with E-state index in [1.54, 1.807) is 0 Å². The number of rotatable bonds is 1. The number of amides is 1. The molecule has 1 aromatic rings. The Bertz CT molecular complexity index is 400. The van der Waals surface area contributed by atoms with Crippen molar-refractivity contribution in [3.05, 3.63) is 34.9 Å². The number of benzene rings is 1. The van der Waals surface area contributed by atoms with Gasteiger partial charge in [-0.2, -0.15) is 0 Å². The molecule has 1 heterocycles. The Kier molecular flexibility index (Phi) is 2.80. The average Bonchev–Trinajstić information content (AvgIpc) is 2.15. The summed E-state index contributed by atoms with van der Waals surface area (Å²) in [5.41, 5.74) is 0.626. The fourth-order valence-corrected chi connectivity index (χ4v) is 2.03. The molecular weight excluding hydrogens is 226 g/mol. The highest BCUT2D eigenvalue weighted by Gasteiger charge is 2.34. The van der Waals surface area contributed by atoms with Gasteiger partial charge in [0.05, 0.1) is 6.04 Å². The Hall–Kier alpha value is -1.22. The molecule has 3 nitrogen and oxygen atoms in total. The molecule has 1 fully saturated rings. The van der Waals surface area contributed by atoms with Crippen molar-refractivity contribution >= 4 is 17.7 Å². The van der Waals surface area contributed by atoms with Crippen LogP contribution in [0.4, 0.5) is 4.79 Å². The molecule has 0 aliphatic carbocycles. The van der Waals surface area contributed by atoms with Gasteiger partial charge in [-0.25, -0.2) is 4.79 Å². The van der Waals surface area contributed by atoms with E-state index in [2.05, 4.69) is 5.32 Å². The van der Waals surface area contributed by atoms with Crippen LogP contribution in [0.5, 0.6) is 0 Å². The topological polar surface area (TPSA) is 38.3 Å². The predicted octanol–water partition coefficient (Wildman–Crippen LogP) is 3.29. The molecule has 0 saturated carbocycles. The molecule has 2 rings (SSSR count). The minimum Gasteiger partial charge on any atom is -0.443 e. The summed E-state index contributed by atoms with van der Waals surface area (Å²) in [6, 6.07) is 7.49. The third-order valence-corrected chi connectivity index (χ3v) is 2.88. The summed E-state index contributed by atoms with van der Waals surface area (Å²) in [6.45, 7) is 3.82. The van der Waals surface area contributed by atoms with E-state index < -0.39 is 5.60 Å². The van der Waals surface area contributed by atoms with Crippen LogP contribution in [0.2, 0.25) is 5.02 Å². The number of halogens is 1. The van der Waals surface area contributed by atoms with Gasteiger partial charge in [-0.05, 0) is 31.5 Å². The van der Waals surface area contributed by atoms with E-state index >= 15 is 0 Å². The van der Waals surface area contributed by atoms with Crippen LogP contribution in [0.15, 0.2) is 24.3 Å². The summed E-state index contributed by atoms with van der Waals surface area (Å²) in [5.74, 6) is 0. The molecule has 1 N–H and O–H groups in total. The van der Waals surface area contributed by atoms with Gasteiger partial charge in [0.2, 0.25) is 0 Å². The van der Waals surface area contributed by atoms with Gasteiger partial charge in [-0.15, -0.1) is 0 Å². The number of nitrogens with one attached hydrogen (secondary N) is 1. The van der Waals surface area contributed by atoms with Crippen molar-refractivity contribution in [2.45, 2.75) is 31.9 Å². The second-order valence-corrected chi connectivity index (χ2v) is 5.04. The summed E-state index contributed by atoms with van der Waals surface area (Å²) in [5, 5.41) is 3.50. The molecule has 4 heteroatoms. The normalized spacial score (nSPS) is 23.4. The van der Waals surface area contributed by atoms with Crippen LogP contribution >= 0.6 is 11.6 Å². The van der Waals surface area contributed by atoms with Gasteiger partial charge >= 0.3 is 6.09 Å². The molecule has 86 valence electrons. The maximum Gasteiger partial charge on any atom is 0.408 e. The summed E-state index contributed by atoms with van der Waals surface area (Å²) < 4.78 is 5.17. The largest absolute Gasteiger partial charge is 0.443 e. The predicted molar refractivity (Wildman–Crippen MR) is 62.5 cm³/mol. The monoisotopic (exact) mass is 239 g/mol. The third-order valence-electron chi connectivity index (χ3n) is 2.63. The van der Waals surface area contributed by atoms with Crippen LogP contribution in [0.1, 0.15) is 31.9 Å². The van der Waals surface area contributed by atoms with Crippen LogP contribution in [0.3, 0.4) is 0 Å². The Labute approximate surface area is 99.7 Å². The van der Waals surface area contributed by atoms with Crippen molar-refractivity contribution < 1.29 is 9.53 Å². The quantitative estimate of drug-likeness (QED) is 0.817. The van der Waals surface area contributed by atoms with Crippen LogP contribution in [0, 0.1) is 0 Å². The molecule has 1 aromatic carbocycles. The SMILES string of the molecule is CC1(C)CC(c2ccc(Cl)cc2)NC(=O)O1. The third kappa shape index (κ3) is 2.47. The molecule has 1 aliphatic rings. The molecule has 0 bridgehead atoms. The highest BCUT2D eigenvalue weighted by molar-refractivity contribution is 6.30. The number of carbonyl (C=O) groups excluding carboxylic acids is 1. The summed E-state index contributed by atoms with van der Waals surface area (Å²) >= 11 is 5.82. The maximum atomic E-state index is 11.4. The van der Waals surface area contributed by atoms with Crippen molar-refractivity contribution in [1.29, 1.82) is 0 Å². The second kappa shape index (κ2) is 3.98. The lowest BCUT2D eigenvalue weighted by Crippen LogP contribution is -2.45. The lowest BCUT2D eigenvalue weighted by Gasteiger charge is -2.35. The molecule has 1 unspecified atom stereocenters. The Balaban J connectivity index is 2.21. The maximum absolute atomic E-state index is 11.4. The van der Waals surface area contributed by atoms with Crippen molar-refractivity contribution in [3.8, 4) is 0 Å². The Morgan fingerprint density at radius 1 is 1.38 bits per heavy atom. The van der Waals surface area contributed by atoms with E-state index in [0.717, 1.165) is 12.0 Å². The van der Waals surface area contributed by atoms with Crippen molar-refractivity contribution in [2.24, 2.45) is 0 Å². The Morgan fingerprint density at radius 3 is 2.56 bits per heavy atom. The molecule has 16 heavy (non-hydrogen) atoms. The summed E-state index contributed by atoms with van der Waals surface area (Å²) in [6.07, 6.45) is 0.386. The molecule has 1 aliphatic heterocycles. The number of alkyl carbamates (subject to hydrolysis) is 1. The first-order chi connectivity index (χ1) is 7.46. The van der Waals surface area contributed by atoms with Gasteiger partial charge < -0.3 is 10.1 Å². The van der Waals surface area contributed by atoms with E-state index in [-0.39, 0.29) is 12.1 Å². The first-order valence-electron chi connectivity index (χ1n) is 5.21. The molecule has 1 atom stereocenters. The van der Waals surface area contributed by atoms with Gasteiger partial charge in [0.25, 0.3) is 0 Å². The lowest BCUT2D eigenvalue weighted by atomic mass is 9.92. The highest BCUT2D eigenvalue weighted by atomic mass is 35.5. The number of ether oxygens (including phenoxy) is 1. The lowest BCUT2D eigenvalue weighted by molar-refractivity contribution is -0.000271. The number of carbonyl (C=O) groups is 1. The smallest absolute Gasteiger partial charge is 0.408 e. The minimum atomic E-state index is -0.424. The number of cyclic esters (lactones) is 1. The van der Waals surface area contributed by atoms with E-state index in [9.17, 15) is 4.79 Å². The molecule has 1 saturated heterocycles. The van der Waals surface area contributed by atoms with Crippen molar-refractivity contribution in [2.75, 3.05) is 0 Å². The van der Waals surface area contributed by atoms with Crippen molar-refractivity contribution in [3.63, 3.8) is 0 Å². The zero-order chi connectivity index (χ0) is 11.8. The number of hydrogen-bond acceptors (Lipinski definition) is 2. The molecule has 0 spiro atoms. The van der Waals surface area contributed by atoms with E-state index in [4.69, 9.17) is 16.3 Å². The van der Waals surface area contributed by atoms with Gasteiger partial charge in [-0.3, -0.25) is 0 Å². The van der Waals surface area contributed by atoms with Crippen molar-refractivity contribution in [1.82, 2.24) is 5.32 Å². The van der Waals surface area contributed by atoms with Gasteiger partial charge in [-0.1, -0.05) is 23.7 Å².